The first kappa shape index (κ1) is 23.9. The number of thioether (sulfide) groups is 1. The van der Waals surface area contributed by atoms with E-state index in [2.05, 4.69) is 6.58 Å². The molecule has 1 amide bonds. The van der Waals surface area contributed by atoms with Gasteiger partial charge in [0.15, 0.2) is 0 Å². The van der Waals surface area contributed by atoms with Gasteiger partial charge in [-0.25, -0.2) is 4.68 Å². The molecule has 1 aromatic heterocycles. The van der Waals surface area contributed by atoms with Crippen LogP contribution in [0.15, 0.2) is 72.3 Å². The number of rotatable bonds is 9. The lowest BCUT2D eigenvalue weighted by Crippen LogP contribution is -2.31. The zero-order valence-electron chi connectivity index (χ0n) is 19.1. The van der Waals surface area contributed by atoms with Crippen molar-refractivity contribution in [3.63, 3.8) is 0 Å². The molecule has 8 heteroatoms. The largest absolute Gasteiger partial charge is 0.489 e. The average molecular weight is 492 g/mol. The number of hydrogen-bond donors (Lipinski definition) is 0. The summed E-state index contributed by atoms with van der Waals surface area (Å²) < 4.78 is 13.2. The summed E-state index contributed by atoms with van der Waals surface area (Å²) in [6.07, 6.45) is 5.52. The molecular formula is C26H25N3O3S2. The van der Waals surface area contributed by atoms with Crippen molar-refractivity contribution < 1.29 is 14.3 Å². The number of nitrogens with zero attached hydrogens (tertiary/aromatic N) is 3. The van der Waals surface area contributed by atoms with Crippen LogP contribution in [0, 0.1) is 6.92 Å². The number of hydrogen-bond acceptors (Lipinski definition) is 6. The van der Waals surface area contributed by atoms with Crippen LogP contribution >= 0.6 is 24.0 Å². The highest BCUT2D eigenvalue weighted by molar-refractivity contribution is 8.26. The zero-order valence-corrected chi connectivity index (χ0v) is 20.7. The molecule has 0 saturated carbocycles. The lowest BCUT2D eigenvalue weighted by Gasteiger charge is -2.12. The molecule has 0 unspecified atom stereocenters. The summed E-state index contributed by atoms with van der Waals surface area (Å²) in [5, 5.41) is 4.87. The van der Waals surface area contributed by atoms with Gasteiger partial charge in [0.2, 0.25) is 0 Å². The first-order valence-corrected chi connectivity index (χ1v) is 12.0. The minimum atomic E-state index is -0.116. The Morgan fingerprint density at radius 1 is 1.21 bits per heavy atom. The van der Waals surface area contributed by atoms with Crippen LogP contribution in [0.3, 0.4) is 0 Å². The topological polar surface area (TPSA) is 56.6 Å². The van der Waals surface area contributed by atoms with Gasteiger partial charge in [-0.2, -0.15) is 5.10 Å². The molecule has 174 valence electrons. The van der Waals surface area contributed by atoms with Crippen LogP contribution in [-0.4, -0.2) is 51.8 Å². The van der Waals surface area contributed by atoms with Crippen LogP contribution in [0.2, 0.25) is 0 Å². The molecule has 0 N–H and O–H groups in total. The Hall–Kier alpha value is -3.20. The van der Waals surface area contributed by atoms with Crippen LogP contribution in [0.25, 0.3) is 23.0 Å². The number of aromatic nitrogens is 2. The first-order chi connectivity index (χ1) is 16.5. The Morgan fingerprint density at radius 2 is 2.00 bits per heavy atom. The molecule has 4 rings (SSSR count). The molecule has 1 saturated heterocycles. The molecule has 1 aliphatic heterocycles. The molecule has 0 atom stereocenters. The normalized spacial score (nSPS) is 14.8. The van der Waals surface area contributed by atoms with E-state index in [1.165, 1.54) is 11.8 Å². The molecule has 0 spiro atoms. The highest BCUT2D eigenvalue weighted by atomic mass is 32.2. The minimum Gasteiger partial charge on any atom is -0.489 e. The SMILES string of the molecule is C=CCOc1ccc(-c2nn(-c3ccccc3)cc2/C=C2\SC(=S)N(CCOC)C2=O)cc1C. The summed E-state index contributed by atoms with van der Waals surface area (Å²) in [7, 11) is 1.60. The van der Waals surface area contributed by atoms with E-state index in [0.717, 1.165) is 33.8 Å². The predicted molar refractivity (Wildman–Crippen MR) is 141 cm³/mol. The quantitative estimate of drug-likeness (QED) is 0.231. The number of aryl methyl sites for hydroxylation is 1. The standard InChI is InChI=1S/C26H25N3O3S2/c1-4-13-32-22-11-10-19(15-18(22)2)24-20(17-29(27-24)21-8-6-5-7-9-21)16-23-25(30)28(12-14-31-3)26(33)34-23/h4-11,15-17H,1,12-14H2,2-3H3/b23-16-. The van der Waals surface area contributed by atoms with E-state index >= 15 is 0 Å². The number of carbonyl (C=O) groups is 1. The van der Waals surface area contributed by atoms with Gasteiger partial charge in [-0.1, -0.05) is 54.8 Å². The second-order valence-corrected chi connectivity index (χ2v) is 9.30. The smallest absolute Gasteiger partial charge is 0.266 e. The average Bonchev–Trinajstić information content (AvgIpc) is 3.38. The summed E-state index contributed by atoms with van der Waals surface area (Å²) in [4.78, 5) is 15.1. The zero-order chi connectivity index (χ0) is 24.1. The number of benzene rings is 2. The fourth-order valence-electron chi connectivity index (χ4n) is 3.55. The lowest BCUT2D eigenvalue weighted by atomic mass is 10.0. The number of para-hydroxylation sites is 1. The van der Waals surface area contributed by atoms with Gasteiger partial charge in [0.25, 0.3) is 5.91 Å². The van der Waals surface area contributed by atoms with E-state index < -0.39 is 0 Å². The van der Waals surface area contributed by atoms with E-state index in [0.29, 0.717) is 29.0 Å². The van der Waals surface area contributed by atoms with E-state index in [9.17, 15) is 4.79 Å². The number of carbonyl (C=O) groups excluding carboxylic acids is 1. The molecule has 3 aromatic rings. The Bertz CT molecular complexity index is 1250. The van der Waals surface area contributed by atoms with Crippen molar-refractivity contribution in [3.8, 4) is 22.7 Å². The van der Waals surface area contributed by atoms with Gasteiger partial charge in [0.1, 0.15) is 22.4 Å². The maximum Gasteiger partial charge on any atom is 0.266 e. The molecular weight excluding hydrogens is 466 g/mol. The van der Waals surface area contributed by atoms with Gasteiger partial charge in [0.05, 0.1) is 23.7 Å². The molecule has 6 nitrogen and oxygen atoms in total. The van der Waals surface area contributed by atoms with E-state index in [-0.39, 0.29) is 5.91 Å². The first-order valence-electron chi connectivity index (χ1n) is 10.8. The van der Waals surface area contributed by atoms with Gasteiger partial charge in [-0.05, 0) is 48.9 Å². The predicted octanol–water partition coefficient (Wildman–Crippen LogP) is 5.26. The second-order valence-electron chi connectivity index (χ2n) is 7.62. The van der Waals surface area contributed by atoms with E-state index in [1.807, 2.05) is 72.4 Å². The molecule has 34 heavy (non-hydrogen) atoms. The van der Waals surface area contributed by atoms with Gasteiger partial charge in [-0.15, -0.1) is 0 Å². The van der Waals surface area contributed by atoms with Crippen molar-refractivity contribution >= 4 is 40.3 Å². The van der Waals surface area contributed by atoms with Crippen molar-refractivity contribution in [2.45, 2.75) is 6.92 Å². The third-order valence-electron chi connectivity index (χ3n) is 5.25. The lowest BCUT2D eigenvalue weighted by molar-refractivity contribution is -0.122. The third-order valence-corrected chi connectivity index (χ3v) is 6.63. The molecule has 2 heterocycles. The van der Waals surface area contributed by atoms with Crippen molar-refractivity contribution in [2.24, 2.45) is 0 Å². The maximum atomic E-state index is 13.0. The molecule has 2 aromatic carbocycles. The highest BCUT2D eigenvalue weighted by Crippen LogP contribution is 2.35. The number of ether oxygens (including phenoxy) is 2. The monoisotopic (exact) mass is 491 g/mol. The minimum absolute atomic E-state index is 0.116. The van der Waals surface area contributed by atoms with Crippen LogP contribution in [-0.2, 0) is 9.53 Å². The number of amides is 1. The Balaban J connectivity index is 1.75. The van der Waals surface area contributed by atoms with Gasteiger partial charge < -0.3 is 9.47 Å². The molecule has 1 fully saturated rings. The van der Waals surface area contributed by atoms with Crippen LogP contribution in [0.4, 0.5) is 0 Å². The molecule has 0 radical (unpaired) electrons. The van der Waals surface area contributed by atoms with Crippen LogP contribution < -0.4 is 4.74 Å². The summed E-state index contributed by atoms with van der Waals surface area (Å²) in [6.45, 7) is 7.00. The van der Waals surface area contributed by atoms with Crippen molar-refractivity contribution in [3.05, 3.63) is 83.4 Å². The van der Waals surface area contributed by atoms with Gasteiger partial charge in [0, 0.05) is 24.4 Å². The molecule has 0 aliphatic carbocycles. The van der Waals surface area contributed by atoms with Crippen LogP contribution in [0.1, 0.15) is 11.1 Å². The Labute approximate surface area is 208 Å². The van der Waals surface area contributed by atoms with Gasteiger partial charge in [-0.3, -0.25) is 9.69 Å². The third kappa shape index (κ3) is 5.14. The van der Waals surface area contributed by atoms with E-state index in [1.54, 1.807) is 18.1 Å². The van der Waals surface area contributed by atoms with Gasteiger partial charge >= 0.3 is 0 Å². The molecule has 0 bridgehead atoms. The highest BCUT2D eigenvalue weighted by Gasteiger charge is 2.32. The second kappa shape index (κ2) is 10.8. The fourth-order valence-corrected chi connectivity index (χ4v) is 4.85. The molecule has 1 aliphatic rings. The fraction of sp³-hybridized carbons (Fsp3) is 0.192. The summed E-state index contributed by atoms with van der Waals surface area (Å²) in [6, 6.07) is 15.8. The van der Waals surface area contributed by atoms with Crippen molar-refractivity contribution in [1.29, 1.82) is 0 Å². The summed E-state index contributed by atoms with van der Waals surface area (Å²) in [5.41, 5.74) is 4.45. The Kier molecular flexibility index (Phi) is 7.62. The van der Waals surface area contributed by atoms with Crippen LogP contribution in [0.5, 0.6) is 5.75 Å². The van der Waals surface area contributed by atoms with Crippen molar-refractivity contribution in [2.75, 3.05) is 26.9 Å². The summed E-state index contributed by atoms with van der Waals surface area (Å²) >= 11 is 6.73. The van der Waals surface area contributed by atoms with Crippen molar-refractivity contribution in [1.82, 2.24) is 14.7 Å². The Morgan fingerprint density at radius 3 is 2.71 bits per heavy atom. The summed E-state index contributed by atoms with van der Waals surface area (Å²) in [5.74, 6) is 0.682. The maximum absolute atomic E-state index is 13.0. The number of thiocarbonyl (C=S) groups is 1. The number of methoxy groups -OCH3 is 1. The van der Waals surface area contributed by atoms with E-state index in [4.69, 9.17) is 26.8 Å².